The molecule has 23 heavy (non-hydrogen) atoms. The van der Waals surface area contributed by atoms with Crippen molar-refractivity contribution < 1.29 is 14.3 Å². The van der Waals surface area contributed by atoms with Gasteiger partial charge in [-0.1, -0.05) is 6.07 Å². The first kappa shape index (κ1) is 17.7. The number of nitrogens with zero attached hydrogens (tertiary/aromatic N) is 1. The molecule has 1 atom stereocenters. The summed E-state index contributed by atoms with van der Waals surface area (Å²) in [6.45, 7) is 3.11. The lowest BCUT2D eigenvalue weighted by atomic mass is 10.0. The van der Waals surface area contributed by atoms with Crippen LogP contribution in [-0.4, -0.2) is 54.0 Å². The molecule has 1 unspecified atom stereocenters. The van der Waals surface area contributed by atoms with Crippen molar-refractivity contribution in [3.8, 4) is 0 Å². The lowest BCUT2D eigenvalue weighted by molar-refractivity contribution is -0.119. The lowest BCUT2D eigenvalue weighted by Crippen LogP contribution is -2.33. The van der Waals surface area contributed by atoms with E-state index in [2.05, 4.69) is 5.32 Å². The summed E-state index contributed by atoms with van der Waals surface area (Å²) < 4.78 is 14.3. The van der Waals surface area contributed by atoms with Gasteiger partial charge < -0.3 is 20.7 Å². The van der Waals surface area contributed by atoms with E-state index in [0.29, 0.717) is 11.3 Å². The molecule has 1 saturated heterocycles. The summed E-state index contributed by atoms with van der Waals surface area (Å²) in [5.74, 6) is 1.42. The smallest absolute Gasteiger partial charge is 0.216 e. The van der Waals surface area contributed by atoms with Gasteiger partial charge in [0.15, 0.2) is 0 Å². The lowest BCUT2D eigenvalue weighted by Gasteiger charge is -2.29. The number of rotatable bonds is 6. The molecule has 0 radical (unpaired) electrons. The fourth-order valence-corrected chi connectivity index (χ4v) is 3.35. The van der Waals surface area contributed by atoms with Gasteiger partial charge in [-0.15, -0.1) is 0 Å². The van der Waals surface area contributed by atoms with E-state index in [-0.39, 0.29) is 30.4 Å². The Morgan fingerprint density at radius 3 is 2.78 bits per heavy atom. The van der Waals surface area contributed by atoms with E-state index in [9.17, 15) is 14.3 Å². The minimum atomic E-state index is -0.853. The summed E-state index contributed by atoms with van der Waals surface area (Å²) in [5.41, 5.74) is 1.18. The molecule has 1 aromatic rings. The molecule has 7 heteroatoms. The summed E-state index contributed by atoms with van der Waals surface area (Å²) in [4.78, 5) is 12.8. The van der Waals surface area contributed by atoms with Gasteiger partial charge in [-0.05, 0) is 17.7 Å². The van der Waals surface area contributed by atoms with Crippen molar-refractivity contribution in [2.24, 2.45) is 0 Å². The van der Waals surface area contributed by atoms with Crippen molar-refractivity contribution in [2.75, 3.05) is 36.0 Å². The van der Waals surface area contributed by atoms with Crippen LogP contribution in [0.5, 0.6) is 0 Å². The maximum Gasteiger partial charge on any atom is 0.216 e. The Hall–Kier alpha value is -1.60. The second-order valence-corrected chi connectivity index (χ2v) is 6.76. The fraction of sp³-hybridized carbons (Fsp3) is 0.500. The normalized spacial score (nSPS) is 16.0. The Morgan fingerprint density at radius 1 is 1.48 bits per heavy atom. The zero-order valence-corrected chi connectivity index (χ0v) is 14.0. The third-order valence-corrected chi connectivity index (χ3v) is 4.62. The van der Waals surface area contributed by atoms with Gasteiger partial charge >= 0.3 is 0 Å². The number of aliphatic hydroxyl groups excluding tert-OH is 1. The molecule has 0 bridgehead atoms. The molecular weight excluding hydrogens is 317 g/mol. The number of hydrogen-bond acceptors (Lipinski definition) is 5. The quantitative estimate of drug-likeness (QED) is 0.689. The monoisotopic (exact) mass is 339 g/mol. The summed E-state index contributed by atoms with van der Waals surface area (Å²) in [6.07, 6.45) is -0.785. The van der Waals surface area contributed by atoms with E-state index in [4.69, 9.17) is 5.41 Å². The first-order chi connectivity index (χ1) is 11.0. The number of aliphatic hydroxyl groups is 1. The molecule has 0 aromatic heterocycles. The van der Waals surface area contributed by atoms with Crippen LogP contribution in [0.4, 0.5) is 10.1 Å². The van der Waals surface area contributed by atoms with Crippen LogP contribution >= 0.6 is 11.8 Å². The number of carbonyl (C=O) groups excluding carboxylic acids is 1. The zero-order chi connectivity index (χ0) is 16.8. The summed E-state index contributed by atoms with van der Waals surface area (Å²) >= 11 is 1.86. The van der Waals surface area contributed by atoms with Crippen LogP contribution in [-0.2, 0) is 4.79 Å². The third-order valence-electron chi connectivity index (χ3n) is 3.67. The average molecular weight is 339 g/mol. The molecule has 3 N–H and O–H groups in total. The fourth-order valence-electron chi connectivity index (χ4n) is 2.44. The van der Waals surface area contributed by atoms with E-state index < -0.39 is 6.10 Å². The van der Waals surface area contributed by atoms with E-state index >= 15 is 0 Å². The van der Waals surface area contributed by atoms with Crippen LogP contribution in [0.2, 0.25) is 0 Å². The maximum absolute atomic E-state index is 14.3. The van der Waals surface area contributed by atoms with Gasteiger partial charge in [-0.2, -0.15) is 11.8 Å². The molecule has 0 aliphatic carbocycles. The Labute approximate surface area is 139 Å². The minimum absolute atomic E-state index is 0.0689. The number of carbonyl (C=O) groups is 1. The number of hydrogen-bond donors (Lipinski definition) is 3. The molecule has 0 saturated carbocycles. The van der Waals surface area contributed by atoms with Crippen molar-refractivity contribution in [1.82, 2.24) is 5.32 Å². The highest BCUT2D eigenvalue weighted by Gasteiger charge is 2.17. The topological polar surface area (TPSA) is 76.4 Å². The predicted octanol–water partition coefficient (Wildman–Crippen LogP) is 1.63. The molecule has 1 heterocycles. The second-order valence-electron chi connectivity index (χ2n) is 5.54. The van der Waals surface area contributed by atoms with Crippen LogP contribution in [0.1, 0.15) is 18.9 Å². The van der Waals surface area contributed by atoms with Gasteiger partial charge in [0.05, 0.1) is 11.8 Å². The molecule has 2 rings (SSSR count). The van der Waals surface area contributed by atoms with Crippen molar-refractivity contribution in [3.05, 3.63) is 29.6 Å². The van der Waals surface area contributed by atoms with Gasteiger partial charge in [-0.3, -0.25) is 4.79 Å². The zero-order valence-electron chi connectivity index (χ0n) is 13.1. The van der Waals surface area contributed by atoms with Gasteiger partial charge in [0.2, 0.25) is 5.91 Å². The predicted molar refractivity (Wildman–Crippen MR) is 92.1 cm³/mol. The number of amides is 1. The van der Waals surface area contributed by atoms with Crippen LogP contribution in [0.15, 0.2) is 18.2 Å². The Morgan fingerprint density at radius 2 is 2.17 bits per heavy atom. The van der Waals surface area contributed by atoms with Crippen LogP contribution < -0.4 is 10.2 Å². The second kappa shape index (κ2) is 8.31. The van der Waals surface area contributed by atoms with Crippen molar-refractivity contribution in [1.29, 1.82) is 5.41 Å². The van der Waals surface area contributed by atoms with E-state index in [1.54, 1.807) is 12.1 Å². The highest BCUT2D eigenvalue weighted by molar-refractivity contribution is 7.99. The molecule has 1 amide bonds. The van der Waals surface area contributed by atoms with Gasteiger partial charge in [0.25, 0.3) is 0 Å². The largest absolute Gasteiger partial charge is 0.391 e. The highest BCUT2D eigenvalue weighted by Crippen LogP contribution is 2.24. The summed E-state index contributed by atoms with van der Waals surface area (Å²) in [6, 6.07) is 4.77. The average Bonchev–Trinajstić information content (AvgIpc) is 2.53. The van der Waals surface area contributed by atoms with Crippen LogP contribution in [0, 0.1) is 11.2 Å². The Balaban J connectivity index is 1.98. The maximum atomic E-state index is 14.3. The Kier molecular flexibility index (Phi) is 6.41. The summed E-state index contributed by atoms with van der Waals surface area (Å²) in [5, 5.41) is 20.3. The number of thioether (sulfide) groups is 1. The SMILES string of the molecule is CC(=O)NCC(O)CC(=N)c1ccc(N2CCSCC2)c(F)c1. The van der Waals surface area contributed by atoms with E-state index in [1.165, 1.54) is 13.0 Å². The Bertz CT molecular complexity index is 576. The van der Waals surface area contributed by atoms with E-state index in [0.717, 1.165) is 24.6 Å². The molecule has 1 fully saturated rings. The van der Waals surface area contributed by atoms with Crippen molar-refractivity contribution in [3.63, 3.8) is 0 Å². The minimum Gasteiger partial charge on any atom is -0.391 e. The first-order valence-corrected chi connectivity index (χ1v) is 8.75. The third kappa shape index (κ3) is 5.21. The van der Waals surface area contributed by atoms with Gasteiger partial charge in [-0.25, -0.2) is 4.39 Å². The molecule has 1 aromatic carbocycles. The highest BCUT2D eigenvalue weighted by atomic mass is 32.2. The molecular formula is C16H22FN3O2S. The number of halogens is 1. The first-order valence-electron chi connectivity index (χ1n) is 7.60. The molecule has 1 aliphatic rings. The molecule has 0 spiro atoms. The van der Waals surface area contributed by atoms with Gasteiger partial charge in [0, 0.05) is 50.2 Å². The molecule has 126 valence electrons. The summed E-state index contributed by atoms with van der Waals surface area (Å²) in [7, 11) is 0. The van der Waals surface area contributed by atoms with Crippen molar-refractivity contribution in [2.45, 2.75) is 19.4 Å². The number of anilines is 1. The number of nitrogens with one attached hydrogen (secondary N) is 2. The van der Waals surface area contributed by atoms with Gasteiger partial charge in [0.1, 0.15) is 5.82 Å². The molecule has 1 aliphatic heterocycles. The van der Waals surface area contributed by atoms with Crippen LogP contribution in [0.3, 0.4) is 0 Å². The van der Waals surface area contributed by atoms with Crippen molar-refractivity contribution >= 4 is 29.1 Å². The standard InChI is InChI=1S/C16H22FN3O2S/c1-11(21)19-10-13(22)9-15(18)12-2-3-16(14(17)8-12)20-4-6-23-7-5-20/h2-3,8,13,18,22H,4-7,9-10H2,1H3,(H,19,21). The van der Waals surface area contributed by atoms with Crippen LogP contribution in [0.25, 0.3) is 0 Å². The molecule has 5 nitrogen and oxygen atoms in total. The number of benzene rings is 1. The van der Waals surface area contributed by atoms with E-state index in [1.807, 2.05) is 16.7 Å².